The number of nitrogen functional groups attached to an aromatic ring is 1. The maximum absolute atomic E-state index is 12.9. The molecule has 1 aromatic carbocycles. The van der Waals surface area contributed by atoms with Crippen molar-refractivity contribution in [1.29, 1.82) is 0 Å². The average molecular weight is 288 g/mol. The highest BCUT2D eigenvalue weighted by Gasteiger charge is 2.20. The number of nitrogens with one attached hydrogen (secondary N) is 1. The predicted octanol–water partition coefficient (Wildman–Crippen LogP) is 2.66. The monoisotopic (exact) mass is 288 g/mol. The molecule has 6 heteroatoms. The highest BCUT2D eigenvalue weighted by Crippen LogP contribution is 2.19. The summed E-state index contributed by atoms with van der Waals surface area (Å²) in [6.07, 6.45) is 3.91. The quantitative estimate of drug-likeness (QED) is 0.598. The topological polar surface area (TPSA) is 72.2 Å². The summed E-state index contributed by atoms with van der Waals surface area (Å²) in [5.74, 6) is -0.549. The molecule has 0 saturated heterocycles. The number of rotatable bonds is 7. The number of hydrogen-bond donors (Lipinski definition) is 2. The average Bonchev–Trinajstić information content (AvgIpc) is 2.27. The van der Waals surface area contributed by atoms with Gasteiger partial charge in [-0.15, -0.1) is 0 Å². The van der Waals surface area contributed by atoms with E-state index in [0.717, 1.165) is 37.8 Å². The van der Waals surface area contributed by atoms with E-state index >= 15 is 0 Å². The van der Waals surface area contributed by atoms with E-state index in [4.69, 9.17) is 5.73 Å². The van der Waals surface area contributed by atoms with Crippen molar-refractivity contribution in [2.75, 3.05) is 5.73 Å². The minimum Gasteiger partial charge on any atom is -0.398 e. The van der Waals surface area contributed by atoms with Crippen molar-refractivity contribution < 1.29 is 12.8 Å². The van der Waals surface area contributed by atoms with Gasteiger partial charge in [0.05, 0.1) is 5.69 Å². The molecule has 0 fully saturated rings. The van der Waals surface area contributed by atoms with Gasteiger partial charge in [0.1, 0.15) is 10.7 Å². The second-order valence-corrected chi connectivity index (χ2v) is 6.38. The number of halogens is 1. The van der Waals surface area contributed by atoms with Crippen molar-refractivity contribution >= 4 is 15.7 Å². The van der Waals surface area contributed by atoms with Gasteiger partial charge >= 0.3 is 0 Å². The molecule has 3 N–H and O–H groups in total. The molecule has 1 aromatic rings. The maximum Gasteiger partial charge on any atom is 0.242 e. The molecule has 1 atom stereocenters. The van der Waals surface area contributed by atoms with Gasteiger partial charge in [-0.1, -0.05) is 26.2 Å². The minimum atomic E-state index is -3.69. The molecule has 0 heterocycles. The molecule has 0 aliphatic rings. The second kappa shape index (κ2) is 6.86. The van der Waals surface area contributed by atoms with Crippen LogP contribution in [0.1, 0.15) is 39.5 Å². The Labute approximate surface area is 114 Å². The van der Waals surface area contributed by atoms with Crippen LogP contribution in [-0.4, -0.2) is 14.5 Å². The SMILES string of the molecule is CCCCCC(C)NS(=O)(=O)c1ccc(F)cc1N. The number of sulfonamides is 1. The molecule has 0 bridgehead atoms. The summed E-state index contributed by atoms with van der Waals surface area (Å²) >= 11 is 0. The Morgan fingerprint density at radius 1 is 1.37 bits per heavy atom. The lowest BCUT2D eigenvalue weighted by atomic mass is 10.1. The third-order valence-corrected chi connectivity index (χ3v) is 4.52. The summed E-state index contributed by atoms with van der Waals surface area (Å²) in [7, 11) is -3.69. The van der Waals surface area contributed by atoms with E-state index in [9.17, 15) is 12.8 Å². The van der Waals surface area contributed by atoms with Crippen molar-refractivity contribution in [2.24, 2.45) is 0 Å². The molecule has 0 radical (unpaired) electrons. The first-order valence-corrected chi connectivity index (χ1v) is 7.92. The number of benzene rings is 1. The summed E-state index contributed by atoms with van der Waals surface area (Å²) in [4.78, 5) is -0.0729. The highest BCUT2D eigenvalue weighted by molar-refractivity contribution is 7.89. The van der Waals surface area contributed by atoms with Gasteiger partial charge in [-0.25, -0.2) is 17.5 Å². The molecule has 1 rings (SSSR count). The summed E-state index contributed by atoms with van der Waals surface area (Å²) in [6, 6.07) is 3.12. The molecule has 0 saturated carbocycles. The lowest BCUT2D eigenvalue weighted by Gasteiger charge is -2.15. The van der Waals surface area contributed by atoms with E-state index in [0.29, 0.717) is 0 Å². The van der Waals surface area contributed by atoms with E-state index in [1.807, 2.05) is 6.92 Å². The Bertz CT molecular complexity index is 517. The Hall–Kier alpha value is -1.14. The minimum absolute atomic E-state index is 0.0729. The Kier molecular flexibility index (Phi) is 5.75. The van der Waals surface area contributed by atoms with Gasteiger partial charge in [-0.05, 0) is 31.5 Å². The van der Waals surface area contributed by atoms with Crippen LogP contribution in [0.2, 0.25) is 0 Å². The predicted molar refractivity (Wildman–Crippen MR) is 74.7 cm³/mol. The second-order valence-electron chi connectivity index (χ2n) is 4.70. The molecule has 1 unspecified atom stereocenters. The van der Waals surface area contributed by atoms with Crippen LogP contribution in [0.25, 0.3) is 0 Å². The lowest BCUT2D eigenvalue weighted by Crippen LogP contribution is -2.33. The highest BCUT2D eigenvalue weighted by atomic mass is 32.2. The standard InChI is InChI=1S/C13H21FN2O2S/c1-3-4-5-6-10(2)16-19(17,18)13-8-7-11(14)9-12(13)15/h7-10,16H,3-6,15H2,1-2H3. The Morgan fingerprint density at radius 3 is 2.63 bits per heavy atom. The zero-order valence-corrected chi connectivity index (χ0v) is 12.1. The van der Waals surface area contributed by atoms with Crippen molar-refractivity contribution in [3.8, 4) is 0 Å². The third-order valence-electron chi connectivity index (χ3n) is 2.86. The van der Waals surface area contributed by atoms with Gasteiger partial charge < -0.3 is 5.73 Å². The zero-order valence-electron chi connectivity index (χ0n) is 11.3. The first kappa shape index (κ1) is 15.9. The Morgan fingerprint density at radius 2 is 2.05 bits per heavy atom. The molecule has 0 aliphatic heterocycles. The molecular formula is C13H21FN2O2S. The van der Waals surface area contributed by atoms with Crippen molar-refractivity contribution in [1.82, 2.24) is 4.72 Å². The van der Waals surface area contributed by atoms with E-state index in [1.54, 1.807) is 0 Å². The van der Waals surface area contributed by atoms with Crippen LogP contribution in [0.4, 0.5) is 10.1 Å². The number of hydrogen-bond acceptors (Lipinski definition) is 3. The van der Waals surface area contributed by atoms with Crippen LogP contribution in [0.3, 0.4) is 0 Å². The summed E-state index contributed by atoms with van der Waals surface area (Å²) in [6.45, 7) is 3.90. The molecule has 0 amide bonds. The van der Waals surface area contributed by atoms with Crippen LogP contribution in [0, 0.1) is 5.82 Å². The van der Waals surface area contributed by atoms with Crippen LogP contribution in [-0.2, 0) is 10.0 Å². The van der Waals surface area contributed by atoms with Gasteiger partial charge in [0.25, 0.3) is 0 Å². The summed E-state index contributed by atoms with van der Waals surface area (Å²) in [5, 5.41) is 0. The number of unbranched alkanes of at least 4 members (excludes halogenated alkanes) is 2. The van der Waals surface area contributed by atoms with Crippen molar-refractivity contribution in [3.05, 3.63) is 24.0 Å². The molecule has 0 spiro atoms. The molecule has 0 aliphatic carbocycles. The summed E-state index contributed by atoms with van der Waals surface area (Å²) in [5.41, 5.74) is 5.47. The fourth-order valence-electron chi connectivity index (χ4n) is 1.85. The van der Waals surface area contributed by atoms with Crippen LogP contribution in [0.15, 0.2) is 23.1 Å². The number of anilines is 1. The van der Waals surface area contributed by atoms with Gasteiger partial charge in [-0.3, -0.25) is 0 Å². The Balaban J connectivity index is 2.75. The summed E-state index contributed by atoms with van der Waals surface area (Å²) < 4.78 is 39.7. The fraction of sp³-hybridized carbons (Fsp3) is 0.538. The molecule has 19 heavy (non-hydrogen) atoms. The maximum atomic E-state index is 12.9. The normalized spacial score (nSPS) is 13.4. The van der Waals surface area contributed by atoms with Gasteiger partial charge in [0.2, 0.25) is 10.0 Å². The van der Waals surface area contributed by atoms with E-state index in [-0.39, 0.29) is 16.6 Å². The lowest BCUT2D eigenvalue weighted by molar-refractivity contribution is 0.527. The zero-order chi connectivity index (χ0) is 14.5. The van der Waals surface area contributed by atoms with Gasteiger partial charge in [-0.2, -0.15) is 0 Å². The van der Waals surface area contributed by atoms with Crippen molar-refractivity contribution in [3.63, 3.8) is 0 Å². The molecular weight excluding hydrogens is 267 g/mol. The molecule has 4 nitrogen and oxygen atoms in total. The van der Waals surface area contributed by atoms with Crippen LogP contribution in [0.5, 0.6) is 0 Å². The van der Waals surface area contributed by atoms with Gasteiger partial charge in [0.15, 0.2) is 0 Å². The van der Waals surface area contributed by atoms with Crippen molar-refractivity contribution in [2.45, 2.75) is 50.5 Å². The van der Waals surface area contributed by atoms with E-state index in [2.05, 4.69) is 11.6 Å². The first-order valence-electron chi connectivity index (χ1n) is 6.44. The smallest absolute Gasteiger partial charge is 0.242 e. The number of nitrogens with two attached hydrogens (primary N) is 1. The molecule has 108 valence electrons. The first-order chi connectivity index (χ1) is 8.86. The van der Waals surface area contributed by atoms with Crippen LogP contribution >= 0.6 is 0 Å². The third kappa shape index (κ3) is 4.80. The van der Waals surface area contributed by atoms with Gasteiger partial charge in [0, 0.05) is 6.04 Å². The molecule has 0 aromatic heterocycles. The fourth-order valence-corrected chi connectivity index (χ4v) is 3.24. The van der Waals surface area contributed by atoms with Crippen LogP contribution < -0.4 is 10.5 Å². The van der Waals surface area contributed by atoms with E-state index < -0.39 is 15.8 Å². The largest absolute Gasteiger partial charge is 0.398 e. The van der Waals surface area contributed by atoms with E-state index in [1.165, 1.54) is 6.07 Å².